The van der Waals surface area contributed by atoms with Gasteiger partial charge in [0.05, 0.1) is 23.5 Å². The van der Waals surface area contributed by atoms with E-state index in [1.54, 1.807) is 18.3 Å². The summed E-state index contributed by atoms with van der Waals surface area (Å²) in [5, 5.41) is 3.87. The second-order valence-corrected chi connectivity index (χ2v) is 8.69. The van der Waals surface area contributed by atoms with E-state index in [0.29, 0.717) is 10.8 Å². The van der Waals surface area contributed by atoms with E-state index in [2.05, 4.69) is 45.8 Å². The maximum absolute atomic E-state index is 15.0. The number of hydrogen-bond donors (Lipinski definition) is 1. The molecule has 3 aromatic heterocycles. The average molecular weight is 458 g/mol. The Morgan fingerprint density at radius 3 is 2.45 bits per heavy atom. The summed E-state index contributed by atoms with van der Waals surface area (Å²) in [6, 6.07) is 18.2. The Morgan fingerprint density at radius 2 is 1.76 bits per heavy atom. The van der Waals surface area contributed by atoms with Crippen LogP contribution in [0.25, 0.3) is 5.82 Å². The molecule has 5 rings (SSSR count). The predicted molar refractivity (Wildman–Crippen MR) is 132 cm³/mol. The van der Waals surface area contributed by atoms with Crippen LogP contribution < -0.4 is 10.2 Å². The minimum absolute atomic E-state index is 0.238. The Balaban J connectivity index is 1.69. The molecular weight excluding hydrogens is 433 g/mol. The van der Waals surface area contributed by atoms with Crippen molar-refractivity contribution in [1.82, 2.24) is 19.9 Å². The van der Waals surface area contributed by atoms with Gasteiger partial charge in [0.15, 0.2) is 5.11 Å². The smallest absolute Gasteiger partial charge is 0.174 e. The molecule has 4 heterocycles. The van der Waals surface area contributed by atoms with Crippen LogP contribution in [-0.4, -0.2) is 19.6 Å². The molecule has 1 N–H and O–H groups in total. The lowest BCUT2D eigenvalue weighted by atomic mass is 9.96. The fourth-order valence-corrected chi connectivity index (χ4v) is 4.95. The highest BCUT2D eigenvalue weighted by Crippen LogP contribution is 2.44. The summed E-state index contributed by atoms with van der Waals surface area (Å²) < 4.78 is 17.1. The van der Waals surface area contributed by atoms with Crippen molar-refractivity contribution in [2.24, 2.45) is 0 Å². The van der Waals surface area contributed by atoms with Gasteiger partial charge >= 0.3 is 0 Å². The molecule has 0 unspecified atom stereocenters. The van der Waals surface area contributed by atoms with Gasteiger partial charge in [0, 0.05) is 23.8 Å². The largest absolute Gasteiger partial charge is 0.351 e. The van der Waals surface area contributed by atoms with Gasteiger partial charge in [0.25, 0.3) is 0 Å². The highest BCUT2D eigenvalue weighted by atomic mass is 32.1. The highest BCUT2D eigenvalue weighted by Gasteiger charge is 2.43. The van der Waals surface area contributed by atoms with E-state index in [9.17, 15) is 4.39 Å². The van der Waals surface area contributed by atoms with Crippen LogP contribution in [0.2, 0.25) is 0 Å². The number of nitrogens with one attached hydrogen (secondary N) is 1. The van der Waals surface area contributed by atoms with E-state index in [1.165, 1.54) is 6.07 Å². The third kappa shape index (κ3) is 3.68. The Hall–Kier alpha value is -3.58. The lowest BCUT2D eigenvalue weighted by Gasteiger charge is -2.28. The van der Waals surface area contributed by atoms with Gasteiger partial charge in [0.1, 0.15) is 11.6 Å². The Bertz CT molecular complexity index is 1320. The summed E-state index contributed by atoms with van der Waals surface area (Å²) in [5.74, 6) is 0.532. The van der Waals surface area contributed by atoms with Crippen molar-refractivity contribution < 1.29 is 4.39 Å². The molecule has 0 spiro atoms. The van der Waals surface area contributed by atoms with Crippen molar-refractivity contribution in [3.63, 3.8) is 0 Å². The van der Waals surface area contributed by atoms with Gasteiger partial charge in [-0.15, -0.1) is 0 Å². The van der Waals surface area contributed by atoms with Crippen LogP contribution in [0, 0.1) is 26.6 Å². The first kappa shape index (κ1) is 21.3. The molecule has 33 heavy (non-hydrogen) atoms. The first-order valence-electron chi connectivity index (χ1n) is 10.8. The molecule has 1 saturated heterocycles. The van der Waals surface area contributed by atoms with Crippen LogP contribution in [0.1, 0.15) is 40.3 Å². The fourth-order valence-electron chi connectivity index (χ4n) is 4.61. The quantitative estimate of drug-likeness (QED) is 0.410. The molecule has 0 amide bonds. The Morgan fingerprint density at radius 1 is 0.970 bits per heavy atom. The molecule has 0 bridgehead atoms. The number of aromatic nitrogens is 3. The minimum atomic E-state index is -0.317. The summed E-state index contributed by atoms with van der Waals surface area (Å²) in [6.07, 6.45) is 3.63. The molecule has 1 fully saturated rings. The van der Waals surface area contributed by atoms with Gasteiger partial charge in [0.2, 0.25) is 0 Å². The van der Waals surface area contributed by atoms with Gasteiger partial charge in [-0.1, -0.05) is 24.3 Å². The zero-order valence-corrected chi connectivity index (χ0v) is 19.5. The molecule has 5 nitrogen and oxygen atoms in total. The van der Waals surface area contributed by atoms with Crippen LogP contribution in [0.5, 0.6) is 0 Å². The molecular formula is C26H24FN5S. The number of benzene rings is 1. The number of nitrogens with zero attached hydrogens (tertiary/aromatic N) is 4. The summed E-state index contributed by atoms with van der Waals surface area (Å²) >= 11 is 5.73. The number of halogens is 1. The van der Waals surface area contributed by atoms with Crippen LogP contribution in [-0.2, 0) is 0 Å². The summed E-state index contributed by atoms with van der Waals surface area (Å²) in [7, 11) is 0. The molecule has 1 aliphatic rings. The molecule has 1 aromatic carbocycles. The molecule has 166 valence electrons. The second kappa shape index (κ2) is 8.41. The van der Waals surface area contributed by atoms with E-state index in [1.807, 2.05) is 48.4 Å². The van der Waals surface area contributed by atoms with Gasteiger partial charge < -0.3 is 14.8 Å². The summed E-state index contributed by atoms with van der Waals surface area (Å²) in [5.41, 5.74) is 5.51. The Labute approximate surface area is 197 Å². The number of pyridine rings is 2. The zero-order chi connectivity index (χ0) is 23.1. The van der Waals surface area contributed by atoms with E-state index in [0.717, 1.165) is 34.0 Å². The van der Waals surface area contributed by atoms with Crippen molar-refractivity contribution in [2.45, 2.75) is 32.9 Å². The topological polar surface area (TPSA) is 46.0 Å². The number of anilines is 1. The van der Waals surface area contributed by atoms with Crippen molar-refractivity contribution in [3.8, 4) is 5.82 Å². The average Bonchev–Trinajstić information content (AvgIpc) is 3.31. The zero-order valence-electron chi connectivity index (χ0n) is 18.7. The standard InChI is InChI=1S/C26H24FN5S/c1-16-11-12-23(29-15-16)31-17(2)14-19(18(31)3)25-24(21-9-6-7-13-28-21)30-26(33)32(25)22-10-5-4-8-20(22)27/h4-15,24-25H,1-3H3,(H,30,33)/t24-,25+/m0/s1. The number of rotatable bonds is 4. The van der Waals surface area contributed by atoms with Crippen LogP contribution >= 0.6 is 12.2 Å². The number of thiocarbonyl (C=S) groups is 1. The molecule has 4 aromatic rings. The van der Waals surface area contributed by atoms with Crippen molar-refractivity contribution >= 4 is 23.0 Å². The minimum Gasteiger partial charge on any atom is -0.351 e. The molecule has 2 atom stereocenters. The SMILES string of the molecule is Cc1ccc(-n2c(C)cc([C@@H]3[C@H](c4ccccn4)NC(=S)N3c3ccccc3F)c2C)nc1. The third-order valence-corrected chi connectivity index (χ3v) is 6.44. The van der Waals surface area contributed by atoms with Crippen molar-refractivity contribution in [3.05, 3.63) is 107 Å². The predicted octanol–water partition coefficient (Wildman–Crippen LogP) is 5.51. The highest BCUT2D eigenvalue weighted by molar-refractivity contribution is 7.80. The first-order valence-corrected chi connectivity index (χ1v) is 11.2. The molecule has 0 saturated carbocycles. The van der Waals surface area contributed by atoms with Gasteiger partial charge in [-0.2, -0.15) is 0 Å². The maximum Gasteiger partial charge on any atom is 0.174 e. The molecule has 0 aliphatic carbocycles. The first-order chi connectivity index (χ1) is 16.0. The Kier molecular flexibility index (Phi) is 5.42. The summed E-state index contributed by atoms with van der Waals surface area (Å²) in [6.45, 7) is 6.15. The monoisotopic (exact) mass is 457 g/mol. The lowest BCUT2D eigenvalue weighted by Crippen LogP contribution is -2.30. The summed E-state index contributed by atoms with van der Waals surface area (Å²) in [4.78, 5) is 11.1. The van der Waals surface area contributed by atoms with Crippen LogP contribution in [0.15, 0.2) is 73.1 Å². The van der Waals surface area contributed by atoms with E-state index >= 15 is 0 Å². The van der Waals surface area contributed by atoms with Crippen LogP contribution in [0.4, 0.5) is 10.1 Å². The van der Waals surface area contributed by atoms with E-state index < -0.39 is 0 Å². The van der Waals surface area contributed by atoms with Gasteiger partial charge in [-0.05, 0) is 80.5 Å². The maximum atomic E-state index is 15.0. The van der Waals surface area contributed by atoms with Crippen molar-refractivity contribution in [1.29, 1.82) is 0 Å². The molecule has 1 aliphatic heterocycles. The van der Waals surface area contributed by atoms with E-state index in [-0.39, 0.29) is 17.9 Å². The number of para-hydroxylation sites is 1. The number of aryl methyl sites for hydroxylation is 2. The van der Waals surface area contributed by atoms with Gasteiger partial charge in [-0.25, -0.2) is 9.37 Å². The molecule has 7 heteroatoms. The molecule has 0 radical (unpaired) electrons. The normalized spacial score (nSPS) is 17.9. The van der Waals surface area contributed by atoms with Crippen LogP contribution in [0.3, 0.4) is 0 Å². The third-order valence-electron chi connectivity index (χ3n) is 6.12. The van der Waals surface area contributed by atoms with E-state index in [4.69, 9.17) is 12.2 Å². The van der Waals surface area contributed by atoms with Crippen molar-refractivity contribution in [2.75, 3.05) is 4.90 Å². The lowest BCUT2D eigenvalue weighted by molar-refractivity contribution is 0.556. The number of hydrogen-bond acceptors (Lipinski definition) is 3. The van der Waals surface area contributed by atoms with Gasteiger partial charge in [-0.3, -0.25) is 4.98 Å². The second-order valence-electron chi connectivity index (χ2n) is 8.30. The fraction of sp³-hybridized carbons (Fsp3) is 0.192.